The predicted molar refractivity (Wildman–Crippen MR) is 80.7 cm³/mol. The summed E-state index contributed by atoms with van der Waals surface area (Å²) in [6, 6.07) is 13.2. The average molecular weight is 308 g/mol. The molecule has 0 amide bonds. The van der Waals surface area contributed by atoms with Crippen LogP contribution in [0, 0.1) is 32.8 Å². The lowest BCUT2D eigenvalue weighted by atomic mass is 10.1. The summed E-state index contributed by atoms with van der Waals surface area (Å²) in [6.45, 7) is 0. The first kappa shape index (κ1) is 15.2. The normalized spacial score (nSPS) is 9.36. The van der Waals surface area contributed by atoms with Crippen molar-refractivity contribution in [2.24, 2.45) is 0 Å². The van der Waals surface area contributed by atoms with Crippen LogP contribution in [-0.4, -0.2) is 9.91 Å². The highest BCUT2D eigenvalue weighted by atomic mass is 32.2. The lowest BCUT2D eigenvalue weighted by Crippen LogP contribution is -1.91. The van der Waals surface area contributed by atoms with E-state index in [1.807, 2.05) is 6.07 Å². The standard InChI is InChI=1S/C15H8N4O2S/c16-9-11(10-17)7-12-8-13(19(20)21)4-5-14(12)22-15-3-1-2-6-18-15/h1-8H. The summed E-state index contributed by atoms with van der Waals surface area (Å²) in [4.78, 5) is 15.2. The fourth-order valence-electron chi connectivity index (χ4n) is 1.62. The Morgan fingerprint density at radius 1 is 1.27 bits per heavy atom. The van der Waals surface area contributed by atoms with E-state index in [-0.39, 0.29) is 11.3 Å². The zero-order valence-corrected chi connectivity index (χ0v) is 11.9. The molecule has 2 rings (SSSR count). The van der Waals surface area contributed by atoms with Crippen LogP contribution in [0.25, 0.3) is 6.08 Å². The molecule has 0 unspecified atom stereocenters. The van der Waals surface area contributed by atoms with Gasteiger partial charge in [0.25, 0.3) is 5.69 Å². The molecule has 0 radical (unpaired) electrons. The minimum atomic E-state index is -0.523. The number of pyridine rings is 1. The fourth-order valence-corrected chi connectivity index (χ4v) is 2.48. The molecule has 22 heavy (non-hydrogen) atoms. The molecule has 0 atom stereocenters. The van der Waals surface area contributed by atoms with Crippen LogP contribution in [0.5, 0.6) is 0 Å². The molecule has 0 saturated carbocycles. The van der Waals surface area contributed by atoms with Gasteiger partial charge in [0.1, 0.15) is 22.7 Å². The van der Waals surface area contributed by atoms with E-state index in [0.717, 1.165) is 0 Å². The topological polar surface area (TPSA) is 104 Å². The van der Waals surface area contributed by atoms with Crippen LogP contribution in [-0.2, 0) is 0 Å². The third-order valence-electron chi connectivity index (χ3n) is 2.60. The van der Waals surface area contributed by atoms with Gasteiger partial charge in [-0.2, -0.15) is 10.5 Å². The summed E-state index contributed by atoms with van der Waals surface area (Å²) in [5, 5.41) is 29.3. The Balaban J connectivity index is 2.49. The molecule has 0 fully saturated rings. The number of rotatable bonds is 4. The van der Waals surface area contributed by atoms with Crippen molar-refractivity contribution in [3.8, 4) is 12.1 Å². The maximum absolute atomic E-state index is 10.9. The maximum atomic E-state index is 10.9. The monoisotopic (exact) mass is 308 g/mol. The summed E-state index contributed by atoms with van der Waals surface area (Å²) >= 11 is 1.30. The van der Waals surface area contributed by atoms with Crippen LogP contribution < -0.4 is 0 Å². The highest BCUT2D eigenvalue weighted by Crippen LogP contribution is 2.32. The first-order valence-electron chi connectivity index (χ1n) is 6.03. The highest BCUT2D eigenvalue weighted by molar-refractivity contribution is 7.99. The molecular formula is C15H8N4O2S. The molecule has 0 aliphatic rings. The molecule has 0 saturated heterocycles. The molecule has 6 nitrogen and oxygen atoms in total. The Kier molecular flexibility index (Phi) is 4.86. The van der Waals surface area contributed by atoms with Gasteiger partial charge in [0, 0.05) is 23.2 Å². The number of benzene rings is 1. The number of allylic oxidation sites excluding steroid dienone is 1. The van der Waals surface area contributed by atoms with E-state index in [1.165, 1.54) is 30.0 Å². The van der Waals surface area contributed by atoms with Crippen LogP contribution in [0.3, 0.4) is 0 Å². The quantitative estimate of drug-likeness (QED) is 0.486. The van der Waals surface area contributed by atoms with E-state index in [9.17, 15) is 10.1 Å². The van der Waals surface area contributed by atoms with Crippen LogP contribution in [0.15, 0.2) is 58.1 Å². The molecule has 0 spiro atoms. The number of nitro groups is 1. The van der Waals surface area contributed by atoms with Crippen LogP contribution in [0.4, 0.5) is 5.69 Å². The lowest BCUT2D eigenvalue weighted by Gasteiger charge is -2.05. The molecule has 0 bridgehead atoms. The summed E-state index contributed by atoms with van der Waals surface area (Å²) in [5.41, 5.74) is 0.207. The van der Waals surface area contributed by atoms with Gasteiger partial charge in [-0.25, -0.2) is 4.98 Å². The Morgan fingerprint density at radius 2 is 2.05 bits per heavy atom. The zero-order chi connectivity index (χ0) is 15.9. The predicted octanol–water partition coefficient (Wildman–Crippen LogP) is 3.57. The third-order valence-corrected chi connectivity index (χ3v) is 3.64. The van der Waals surface area contributed by atoms with Crippen molar-refractivity contribution in [3.05, 3.63) is 63.8 Å². The number of aromatic nitrogens is 1. The van der Waals surface area contributed by atoms with Gasteiger partial charge in [-0.3, -0.25) is 10.1 Å². The number of nitro benzene ring substituents is 1. The second-order valence-electron chi connectivity index (χ2n) is 4.03. The summed E-state index contributed by atoms with van der Waals surface area (Å²) in [7, 11) is 0. The van der Waals surface area contributed by atoms with E-state index in [2.05, 4.69) is 4.98 Å². The van der Waals surface area contributed by atoms with E-state index < -0.39 is 4.92 Å². The molecule has 1 aromatic heterocycles. The molecular weight excluding hydrogens is 300 g/mol. The highest BCUT2D eigenvalue weighted by Gasteiger charge is 2.12. The van der Waals surface area contributed by atoms with E-state index in [0.29, 0.717) is 15.5 Å². The number of non-ortho nitro benzene ring substituents is 1. The van der Waals surface area contributed by atoms with Gasteiger partial charge in [-0.15, -0.1) is 0 Å². The summed E-state index contributed by atoms with van der Waals surface area (Å²) in [5.74, 6) is 0. The Morgan fingerprint density at radius 3 is 2.64 bits per heavy atom. The third kappa shape index (κ3) is 3.69. The van der Waals surface area contributed by atoms with Gasteiger partial charge in [0.15, 0.2) is 0 Å². The van der Waals surface area contributed by atoms with Crippen LogP contribution in [0.1, 0.15) is 5.56 Å². The lowest BCUT2D eigenvalue weighted by molar-refractivity contribution is -0.384. The van der Waals surface area contributed by atoms with Crippen molar-refractivity contribution in [2.45, 2.75) is 9.92 Å². The first-order chi connectivity index (χ1) is 10.6. The summed E-state index contributed by atoms with van der Waals surface area (Å²) in [6.07, 6.45) is 2.97. The van der Waals surface area contributed by atoms with Gasteiger partial charge in [0.05, 0.1) is 4.92 Å². The van der Waals surface area contributed by atoms with Crippen molar-refractivity contribution in [1.82, 2.24) is 4.98 Å². The van der Waals surface area contributed by atoms with E-state index in [1.54, 1.807) is 36.5 Å². The number of hydrogen-bond donors (Lipinski definition) is 0. The molecule has 7 heteroatoms. The van der Waals surface area contributed by atoms with Crippen molar-refractivity contribution in [1.29, 1.82) is 10.5 Å². The van der Waals surface area contributed by atoms with Gasteiger partial charge < -0.3 is 0 Å². The molecule has 0 aliphatic heterocycles. The average Bonchev–Trinajstić information content (AvgIpc) is 2.54. The van der Waals surface area contributed by atoms with E-state index in [4.69, 9.17) is 10.5 Å². The van der Waals surface area contributed by atoms with Crippen molar-refractivity contribution >= 4 is 23.5 Å². The fraction of sp³-hybridized carbons (Fsp3) is 0. The first-order valence-corrected chi connectivity index (χ1v) is 6.85. The van der Waals surface area contributed by atoms with Crippen LogP contribution in [0.2, 0.25) is 0 Å². The second kappa shape index (κ2) is 7.02. The number of nitrogens with zero attached hydrogens (tertiary/aromatic N) is 4. The van der Waals surface area contributed by atoms with Gasteiger partial charge in [-0.05, 0) is 29.8 Å². The Labute approximate surface area is 130 Å². The Hall–Kier alpha value is -3.16. The largest absolute Gasteiger partial charge is 0.270 e. The van der Waals surface area contributed by atoms with Crippen molar-refractivity contribution in [2.75, 3.05) is 0 Å². The van der Waals surface area contributed by atoms with E-state index >= 15 is 0 Å². The Bertz CT molecular complexity index is 804. The molecule has 2 aromatic rings. The van der Waals surface area contributed by atoms with Crippen molar-refractivity contribution in [3.63, 3.8) is 0 Å². The second-order valence-corrected chi connectivity index (χ2v) is 5.09. The SMILES string of the molecule is N#CC(C#N)=Cc1cc([N+](=O)[O-])ccc1Sc1ccccn1. The minimum Gasteiger partial charge on any atom is -0.258 e. The van der Waals surface area contributed by atoms with Gasteiger partial charge >= 0.3 is 0 Å². The molecule has 106 valence electrons. The smallest absolute Gasteiger partial charge is 0.258 e. The number of hydrogen-bond acceptors (Lipinski definition) is 6. The molecule has 1 aromatic carbocycles. The number of nitriles is 2. The van der Waals surface area contributed by atoms with Gasteiger partial charge in [-0.1, -0.05) is 17.8 Å². The molecule has 0 N–H and O–H groups in total. The van der Waals surface area contributed by atoms with Crippen LogP contribution >= 0.6 is 11.8 Å². The van der Waals surface area contributed by atoms with Gasteiger partial charge in [0.2, 0.25) is 0 Å². The minimum absolute atomic E-state index is 0.105. The molecule has 1 heterocycles. The molecule has 0 aliphatic carbocycles. The zero-order valence-electron chi connectivity index (χ0n) is 11.1. The van der Waals surface area contributed by atoms with Crippen molar-refractivity contribution < 1.29 is 4.92 Å². The maximum Gasteiger partial charge on any atom is 0.270 e. The summed E-state index contributed by atoms with van der Waals surface area (Å²) < 4.78 is 0.